The van der Waals surface area contributed by atoms with E-state index < -0.39 is 0 Å². The van der Waals surface area contributed by atoms with Crippen LogP contribution >= 0.6 is 27.5 Å². The van der Waals surface area contributed by atoms with Gasteiger partial charge >= 0.3 is 0 Å². The van der Waals surface area contributed by atoms with Gasteiger partial charge in [-0.15, -0.1) is 0 Å². The van der Waals surface area contributed by atoms with Crippen molar-refractivity contribution in [3.63, 3.8) is 0 Å². The van der Waals surface area contributed by atoms with Crippen molar-refractivity contribution in [2.24, 2.45) is 5.41 Å². The highest BCUT2D eigenvalue weighted by Gasteiger charge is 2.16. The number of nitrogens with one attached hydrogen (secondary N) is 1. The summed E-state index contributed by atoms with van der Waals surface area (Å²) in [5, 5.41) is 13.8. The van der Waals surface area contributed by atoms with E-state index in [2.05, 4.69) is 42.0 Å². The van der Waals surface area contributed by atoms with Crippen molar-refractivity contribution in [3.05, 3.63) is 33.3 Å². The predicted octanol–water partition coefficient (Wildman–Crippen LogP) is 3.99. The Morgan fingerprint density at radius 2 is 2.06 bits per heavy atom. The molecule has 0 saturated carbocycles. The van der Waals surface area contributed by atoms with Crippen LogP contribution in [0, 0.1) is 5.41 Å². The van der Waals surface area contributed by atoms with Crippen LogP contribution in [0.15, 0.2) is 22.7 Å². The Morgan fingerprint density at radius 3 is 2.61 bits per heavy atom. The van der Waals surface area contributed by atoms with Crippen molar-refractivity contribution in [2.75, 3.05) is 6.54 Å². The van der Waals surface area contributed by atoms with Gasteiger partial charge in [-0.25, -0.2) is 0 Å². The summed E-state index contributed by atoms with van der Waals surface area (Å²) in [6, 6.07) is 5.84. The zero-order chi connectivity index (χ0) is 13.8. The number of aliphatic hydroxyl groups excluding tert-OH is 1. The van der Waals surface area contributed by atoms with E-state index in [-0.39, 0.29) is 11.5 Å². The first kappa shape index (κ1) is 16.0. The Hall–Kier alpha value is -0.0900. The van der Waals surface area contributed by atoms with Gasteiger partial charge in [0.15, 0.2) is 0 Å². The van der Waals surface area contributed by atoms with Crippen LogP contribution < -0.4 is 5.32 Å². The molecule has 4 heteroatoms. The highest BCUT2D eigenvalue weighted by Crippen LogP contribution is 2.23. The minimum atomic E-state index is -0.305. The van der Waals surface area contributed by atoms with E-state index in [0.29, 0.717) is 11.6 Å². The van der Waals surface area contributed by atoms with Gasteiger partial charge in [-0.2, -0.15) is 0 Å². The molecule has 0 bridgehead atoms. The minimum absolute atomic E-state index is 0.157. The Balaban J connectivity index is 2.35. The first-order valence-corrected chi connectivity index (χ1v) is 7.28. The quantitative estimate of drug-likeness (QED) is 0.853. The second-order valence-electron chi connectivity index (χ2n) is 5.80. The van der Waals surface area contributed by atoms with E-state index in [1.165, 1.54) is 0 Å². The molecule has 0 aliphatic heterocycles. The lowest BCUT2D eigenvalue weighted by molar-refractivity contribution is 0.119. The molecular formula is C14H21BrClNO. The monoisotopic (exact) mass is 333 g/mol. The van der Waals surface area contributed by atoms with Crippen molar-refractivity contribution < 1.29 is 5.11 Å². The third-order valence-corrected chi connectivity index (χ3v) is 3.76. The standard InChI is InChI=1S/C14H21BrClNO/c1-14(2,3)7-11(18)9-17-8-10-4-5-13(16)12(15)6-10/h4-6,11,17-18H,7-9H2,1-3H3. The molecule has 18 heavy (non-hydrogen) atoms. The lowest BCUT2D eigenvalue weighted by Gasteiger charge is -2.22. The Bertz CT molecular complexity index is 390. The third kappa shape index (κ3) is 6.19. The molecule has 2 nitrogen and oxygen atoms in total. The summed E-state index contributed by atoms with van der Waals surface area (Å²) in [6.07, 6.45) is 0.491. The Kier molecular flexibility index (Phi) is 6.12. The minimum Gasteiger partial charge on any atom is -0.392 e. The SMILES string of the molecule is CC(C)(C)CC(O)CNCc1ccc(Cl)c(Br)c1. The summed E-state index contributed by atoms with van der Waals surface area (Å²) in [6.45, 7) is 7.74. The molecule has 0 saturated heterocycles. The molecule has 0 aliphatic rings. The molecular weight excluding hydrogens is 314 g/mol. The molecule has 0 aromatic heterocycles. The molecule has 0 amide bonds. The molecule has 102 valence electrons. The van der Waals surface area contributed by atoms with E-state index in [9.17, 15) is 5.11 Å². The number of rotatable bonds is 5. The Morgan fingerprint density at radius 1 is 1.39 bits per heavy atom. The summed E-state index contributed by atoms with van der Waals surface area (Å²) >= 11 is 9.33. The van der Waals surface area contributed by atoms with E-state index in [4.69, 9.17) is 11.6 Å². The van der Waals surface area contributed by atoms with Crippen LogP contribution in [0.25, 0.3) is 0 Å². The fraction of sp³-hybridized carbons (Fsp3) is 0.571. The molecule has 1 aromatic carbocycles. The number of halogens is 2. The maximum Gasteiger partial charge on any atom is 0.0669 e. The van der Waals surface area contributed by atoms with Crippen LogP contribution in [-0.2, 0) is 6.54 Å². The van der Waals surface area contributed by atoms with Crippen LogP contribution in [0.3, 0.4) is 0 Å². The van der Waals surface area contributed by atoms with Crippen molar-refractivity contribution in [1.82, 2.24) is 5.32 Å². The van der Waals surface area contributed by atoms with Gasteiger partial charge < -0.3 is 10.4 Å². The van der Waals surface area contributed by atoms with Crippen molar-refractivity contribution in [1.29, 1.82) is 0 Å². The van der Waals surface area contributed by atoms with E-state index in [0.717, 1.165) is 23.0 Å². The highest BCUT2D eigenvalue weighted by molar-refractivity contribution is 9.10. The van der Waals surface area contributed by atoms with Crippen LogP contribution in [0.5, 0.6) is 0 Å². The topological polar surface area (TPSA) is 32.3 Å². The smallest absolute Gasteiger partial charge is 0.0669 e. The lowest BCUT2D eigenvalue weighted by Crippen LogP contribution is -2.29. The summed E-state index contributed by atoms with van der Waals surface area (Å²) in [5.74, 6) is 0. The summed E-state index contributed by atoms with van der Waals surface area (Å²) < 4.78 is 0.902. The highest BCUT2D eigenvalue weighted by atomic mass is 79.9. The van der Waals surface area contributed by atoms with Crippen LogP contribution in [0.1, 0.15) is 32.8 Å². The van der Waals surface area contributed by atoms with Gasteiger partial charge in [-0.05, 0) is 45.5 Å². The maximum absolute atomic E-state index is 9.87. The molecule has 1 atom stereocenters. The molecule has 0 radical (unpaired) electrons. The van der Waals surface area contributed by atoms with E-state index in [1.54, 1.807) is 0 Å². The first-order chi connectivity index (χ1) is 8.28. The molecule has 0 aliphatic carbocycles. The molecule has 1 aromatic rings. The van der Waals surface area contributed by atoms with Gasteiger partial charge in [0.2, 0.25) is 0 Å². The van der Waals surface area contributed by atoms with Gasteiger partial charge in [-0.1, -0.05) is 38.4 Å². The molecule has 1 unspecified atom stereocenters. The second-order valence-corrected chi connectivity index (χ2v) is 7.06. The fourth-order valence-corrected chi connectivity index (χ4v) is 2.36. The van der Waals surface area contributed by atoms with E-state index >= 15 is 0 Å². The average molecular weight is 335 g/mol. The normalized spacial score (nSPS) is 13.7. The average Bonchev–Trinajstić information content (AvgIpc) is 2.20. The second kappa shape index (κ2) is 6.90. The zero-order valence-electron chi connectivity index (χ0n) is 11.1. The summed E-state index contributed by atoms with van der Waals surface area (Å²) in [4.78, 5) is 0. The summed E-state index contributed by atoms with van der Waals surface area (Å²) in [7, 11) is 0. The third-order valence-electron chi connectivity index (χ3n) is 2.54. The fourth-order valence-electron chi connectivity index (χ4n) is 1.81. The molecule has 0 fully saturated rings. The van der Waals surface area contributed by atoms with Crippen molar-refractivity contribution in [3.8, 4) is 0 Å². The van der Waals surface area contributed by atoms with Gasteiger partial charge in [0.25, 0.3) is 0 Å². The Labute approximate surface area is 123 Å². The van der Waals surface area contributed by atoms with Gasteiger partial charge in [0.05, 0.1) is 11.1 Å². The lowest BCUT2D eigenvalue weighted by atomic mass is 9.89. The van der Waals surface area contributed by atoms with Crippen LogP contribution in [0.4, 0.5) is 0 Å². The van der Waals surface area contributed by atoms with E-state index in [1.807, 2.05) is 18.2 Å². The molecule has 1 rings (SSSR count). The predicted molar refractivity (Wildman–Crippen MR) is 80.9 cm³/mol. The maximum atomic E-state index is 9.87. The van der Waals surface area contributed by atoms with Gasteiger partial charge in [0, 0.05) is 17.6 Å². The van der Waals surface area contributed by atoms with Crippen LogP contribution in [0.2, 0.25) is 5.02 Å². The molecule has 0 heterocycles. The molecule has 0 spiro atoms. The van der Waals surface area contributed by atoms with Crippen molar-refractivity contribution >= 4 is 27.5 Å². The van der Waals surface area contributed by atoms with Gasteiger partial charge in [-0.3, -0.25) is 0 Å². The number of benzene rings is 1. The number of hydrogen-bond donors (Lipinski definition) is 2. The molecule has 2 N–H and O–H groups in total. The first-order valence-electron chi connectivity index (χ1n) is 6.10. The van der Waals surface area contributed by atoms with Crippen LogP contribution in [-0.4, -0.2) is 17.8 Å². The number of hydrogen-bond acceptors (Lipinski definition) is 2. The van der Waals surface area contributed by atoms with Gasteiger partial charge in [0.1, 0.15) is 0 Å². The number of aliphatic hydroxyl groups is 1. The largest absolute Gasteiger partial charge is 0.392 e. The zero-order valence-corrected chi connectivity index (χ0v) is 13.5. The van der Waals surface area contributed by atoms with Crippen molar-refractivity contribution in [2.45, 2.75) is 39.8 Å². The summed E-state index contributed by atoms with van der Waals surface area (Å²) in [5.41, 5.74) is 1.30.